The van der Waals surface area contributed by atoms with Gasteiger partial charge in [-0.05, 0) is 28.3 Å². The van der Waals surface area contributed by atoms with Gasteiger partial charge in [0.1, 0.15) is 26.9 Å². The molecule has 1 N–H and O–H groups in total. The monoisotopic (exact) mass is 558 g/mol. The highest BCUT2D eigenvalue weighted by atomic mass is 32.2. The maximum atomic E-state index is 5.22. The lowest BCUT2D eigenvalue weighted by molar-refractivity contribution is 0.686. The number of aromatic nitrogens is 8. The minimum atomic E-state index is 0.377. The molecule has 0 radical (unpaired) electrons. The summed E-state index contributed by atoms with van der Waals surface area (Å²) in [6.45, 7) is 11.6. The van der Waals surface area contributed by atoms with Gasteiger partial charge in [-0.15, -0.1) is 20.4 Å². The highest BCUT2D eigenvalue weighted by molar-refractivity contribution is 8.00. The third kappa shape index (κ3) is 6.01. The number of imidazole rings is 1. The number of aryl methyl sites for hydroxylation is 1. The second kappa shape index (κ2) is 12.3. The van der Waals surface area contributed by atoms with Crippen molar-refractivity contribution in [2.24, 2.45) is 0 Å². The fourth-order valence-electron chi connectivity index (χ4n) is 4.63. The number of benzene rings is 2. The van der Waals surface area contributed by atoms with E-state index in [1.165, 1.54) is 5.56 Å². The van der Waals surface area contributed by atoms with Crippen LogP contribution in [0.2, 0.25) is 0 Å². The van der Waals surface area contributed by atoms with Crippen LogP contribution in [0.3, 0.4) is 0 Å². The van der Waals surface area contributed by atoms with Gasteiger partial charge in [0.25, 0.3) is 0 Å². The Hall–Kier alpha value is -3.24. The van der Waals surface area contributed by atoms with Crippen LogP contribution in [0.5, 0.6) is 0 Å². The van der Waals surface area contributed by atoms with E-state index in [1.807, 2.05) is 12.1 Å². The van der Waals surface area contributed by atoms with Crippen LogP contribution in [0.4, 0.5) is 0 Å². The van der Waals surface area contributed by atoms with Crippen molar-refractivity contribution >= 4 is 34.6 Å². The summed E-state index contributed by atoms with van der Waals surface area (Å²) in [6, 6.07) is 16.8. The topological polar surface area (TPSA) is 98.1 Å². The summed E-state index contributed by atoms with van der Waals surface area (Å²) >= 11 is 3.47. The zero-order chi connectivity index (χ0) is 27.4. The Kier molecular flexibility index (Phi) is 8.62. The molecule has 0 bridgehead atoms. The zero-order valence-electron chi connectivity index (χ0n) is 23.0. The second-order valence-corrected chi connectivity index (χ2v) is 13.1. The van der Waals surface area contributed by atoms with Gasteiger partial charge in [0.05, 0.1) is 6.54 Å². The Labute approximate surface area is 237 Å². The van der Waals surface area contributed by atoms with Gasteiger partial charge in [-0.3, -0.25) is 0 Å². The Bertz CT molecular complexity index is 1540. The summed E-state index contributed by atoms with van der Waals surface area (Å²) < 4.78 is 2.38. The SMILES string of the molecule is CCCCc1nc2c(SC(C)C)nnc(SC(C)C)c2n1Cc1ccccc1-c1ccccc1-c1nn[nH]n1. The number of H-pyrrole nitrogens is 1. The largest absolute Gasteiger partial charge is 0.321 e. The number of fused-ring (bicyclic) bond motifs is 1. The second-order valence-electron chi connectivity index (χ2n) is 10.00. The van der Waals surface area contributed by atoms with Gasteiger partial charge < -0.3 is 4.57 Å². The van der Waals surface area contributed by atoms with E-state index in [0.717, 1.165) is 62.9 Å². The van der Waals surface area contributed by atoms with E-state index < -0.39 is 0 Å². The van der Waals surface area contributed by atoms with E-state index in [9.17, 15) is 0 Å². The normalized spacial score (nSPS) is 11.8. The van der Waals surface area contributed by atoms with Crippen LogP contribution >= 0.6 is 23.5 Å². The Morgan fingerprint density at radius 2 is 1.49 bits per heavy atom. The molecular weight excluding hydrogens is 525 g/mol. The van der Waals surface area contributed by atoms with E-state index in [4.69, 9.17) is 10.1 Å². The Morgan fingerprint density at radius 1 is 0.821 bits per heavy atom. The maximum Gasteiger partial charge on any atom is 0.205 e. The predicted octanol–water partition coefficient (Wildman–Crippen LogP) is 7.07. The van der Waals surface area contributed by atoms with Gasteiger partial charge in [0, 0.05) is 22.5 Å². The van der Waals surface area contributed by atoms with Crippen LogP contribution in [0.25, 0.3) is 33.5 Å². The molecule has 8 nitrogen and oxygen atoms in total. The number of thioether (sulfide) groups is 2. The Balaban J connectivity index is 1.69. The lowest BCUT2D eigenvalue weighted by Crippen LogP contribution is -2.08. The number of hydrogen-bond donors (Lipinski definition) is 1. The van der Waals surface area contributed by atoms with Crippen molar-refractivity contribution in [3.8, 4) is 22.5 Å². The molecule has 39 heavy (non-hydrogen) atoms. The number of unbranched alkanes of at least 4 members (excludes halogenated alkanes) is 1. The number of nitrogens with one attached hydrogen (secondary N) is 1. The summed E-state index contributed by atoms with van der Waals surface area (Å²) in [5.41, 5.74) is 6.39. The first kappa shape index (κ1) is 27.3. The van der Waals surface area contributed by atoms with Crippen molar-refractivity contribution in [3.63, 3.8) is 0 Å². The van der Waals surface area contributed by atoms with Crippen molar-refractivity contribution in [1.29, 1.82) is 0 Å². The molecule has 2 aromatic carbocycles. The molecule has 0 amide bonds. The molecule has 0 fully saturated rings. The van der Waals surface area contributed by atoms with Gasteiger partial charge in [-0.1, -0.05) is 113 Å². The lowest BCUT2D eigenvalue weighted by Gasteiger charge is -2.16. The van der Waals surface area contributed by atoms with Crippen molar-refractivity contribution in [3.05, 3.63) is 59.9 Å². The van der Waals surface area contributed by atoms with Gasteiger partial charge in [-0.25, -0.2) is 4.98 Å². The average molecular weight is 559 g/mol. The molecule has 3 heterocycles. The van der Waals surface area contributed by atoms with E-state index >= 15 is 0 Å². The Morgan fingerprint density at radius 3 is 2.18 bits per heavy atom. The summed E-state index contributed by atoms with van der Waals surface area (Å²) in [5.74, 6) is 1.66. The van der Waals surface area contributed by atoms with Gasteiger partial charge in [-0.2, -0.15) is 5.21 Å². The molecular formula is C29H34N8S2. The van der Waals surface area contributed by atoms with E-state index in [2.05, 4.69) is 101 Å². The van der Waals surface area contributed by atoms with E-state index in [1.54, 1.807) is 23.5 Å². The molecule has 0 atom stereocenters. The van der Waals surface area contributed by atoms with Crippen LogP contribution in [-0.2, 0) is 13.0 Å². The minimum absolute atomic E-state index is 0.377. The van der Waals surface area contributed by atoms with Crippen LogP contribution in [0.1, 0.15) is 58.8 Å². The summed E-state index contributed by atoms with van der Waals surface area (Å²) in [7, 11) is 0. The summed E-state index contributed by atoms with van der Waals surface area (Å²) in [6.07, 6.45) is 3.09. The standard InChI is InChI=1S/C29H34N8S2/c1-6-7-16-24-30-25-26(29(39-19(4)5)34-33-28(25)38-18(2)3)37(24)17-20-12-8-9-13-21(20)22-14-10-11-15-23(22)27-31-35-36-32-27/h8-15,18-19H,6-7,16-17H2,1-5H3,(H,31,32,35,36). The van der Waals surface area contributed by atoms with E-state index in [0.29, 0.717) is 22.9 Å². The van der Waals surface area contributed by atoms with Crippen LogP contribution in [-0.4, -0.2) is 50.9 Å². The van der Waals surface area contributed by atoms with Crippen LogP contribution in [0, 0.1) is 0 Å². The minimum Gasteiger partial charge on any atom is -0.321 e. The average Bonchev–Trinajstić information content (AvgIpc) is 3.58. The molecule has 202 valence electrons. The third-order valence-electron chi connectivity index (χ3n) is 6.28. The first-order valence-corrected chi connectivity index (χ1v) is 15.2. The van der Waals surface area contributed by atoms with Gasteiger partial charge >= 0.3 is 0 Å². The molecule has 5 rings (SSSR count). The van der Waals surface area contributed by atoms with Crippen molar-refractivity contribution in [2.75, 3.05) is 0 Å². The molecule has 0 aliphatic heterocycles. The molecule has 0 spiro atoms. The van der Waals surface area contributed by atoms with Crippen molar-refractivity contribution in [2.45, 2.75) is 81.0 Å². The number of tetrazole rings is 1. The highest BCUT2D eigenvalue weighted by Gasteiger charge is 2.23. The van der Waals surface area contributed by atoms with Crippen molar-refractivity contribution in [1.82, 2.24) is 40.4 Å². The van der Waals surface area contributed by atoms with Crippen LogP contribution < -0.4 is 0 Å². The van der Waals surface area contributed by atoms with Gasteiger partial charge in [0.15, 0.2) is 0 Å². The number of aromatic amines is 1. The quantitative estimate of drug-likeness (QED) is 0.172. The smallest absolute Gasteiger partial charge is 0.205 e. The molecule has 0 aliphatic rings. The third-order valence-corrected chi connectivity index (χ3v) is 8.22. The lowest BCUT2D eigenvalue weighted by atomic mass is 9.95. The van der Waals surface area contributed by atoms with E-state index in [-0.39, 0.29) is 0 Å². The fraction of sp³-hybridized carbons (Fsp3) is 0.379. The molecule has 0 unspecified atom stereocenters. The first-order chi connectivity index (χ1) is 19.0. The molecule has 10 heteroatoms. The number of hydrogen-bond acceptors (Lipinski definition) is 8. The number of nitrogens with zero attached hydrogens (tertiary/aromatic N) is 7. The van der Waals surface area contributed by atoms with Crippen LogP contribution in [0.15, 0.2) is 58.6 Å². The van der Waals surface area contributed by atoms with Crippen molar-refractivity contribution < 1.29 is 0 Å². The fourth-order valence-corrected chi connectivity index (χ4v) is 6.27. The molecule has 5 aromatic rings. The maximum absolute atomic E-state index is 5.22. The molecule has 0 saturated carbocycles. The van der Waals surface area contributed by atoms with Gasteiger partial charge in [0.2, 0.25) is 5.82 Å². The molecule has 0 aliphatic carbocycles. The first-order valence-electron chi connectivity index (χ1n) is 13.5. The molecule has 0 saturated heterocycles. The predicted molar refractivity (Wildman–Crippen MR) is 160 cm³/mol. The summed E-state index contributed by atoms with van der Waals surface area (Å²) in [4.78, 5) is 5.22. The zero-order valence-corrected chi connectivity index (χ0v) is 24.7. The number of rotatable bonds is 11. The molecule has 3 aromatic heterocycles. The highest BCUT2D eigenvalue weighted by Crippen LogP contribution is 2.37. The summed E-state index contributed by atoms with van der Waals surface area (Å²) in [5, 5.41) is 26.9.